The van der Waals surface area contributed by atoms with E-state index < -0.39 is 0 Å². The summed E-state index contributed by atoms with van der Waals surface area (Å²) in [6.07, 6.45) is 1.84. The Morgan fingerprint density at radius 1 is 1.10 bits per heavy atom. The summed E-state index contributed by atoms with van der Waals surface area (Å²) in [5, 5.41) is 2.63. The molecule has 0 saturated carbocycles. The summed E-state index contributed by atoms with van der Waals surface area (Å²) >= 11 is 1.46. The van der Waals surface area contributed by atoms with E-state index in [4.69, 9.17) is 14.5 Å². The van der Waals surface area contributed by atoms with Gasteiger partial charge in [-0.2, -0.15) is 0 Å². The number of thiazole rings is 1. The van der Waals surface area contributed by atoms with Crippen molar-refractivity contribution in [2.24, 2.45) is 0 Å². The van der Waals surface area contributed by atoms with Crippen molar-refractivity contribution in [1.29, 1.82) is 0 Å². The largest absolute Gasteiger partial charge is 0.486 e. The van der Waals surface area contributed by atoms with Gasteiger partial charge in [0.1, 0.15) is 29.7 Å². The van der Waals surface area contributed by atoms with Crippen molar-refractivity contribution in [2.75, 3.05) is 19.8 Å². The second-order valence-electron chi connectivity index (χ2n) is 7.69. The number of benzene rings is 2. The fourth-order valence-electron chi connectivity index (χ4n) is 4.25. The van der Waals surface area contributed by atoms with E-state index in [1.165, 1.54) is 11.3 Å². The Morgan fingerprint density at radius 3 is 2.87 bits per heavy atom. The molecule has 2 aromatic heterocycles. The third-order valence-electron chi connectivity index (χ3n) is 5.75. The van der Waals surface area contributed by atoms with E-state index in [1.807, 2.05) is 52.7 Å². The zero-order chi connectivity index (χ0) is 20.8. The number of aromatic amines is 1. The topological polar surface area (TPSA) is 80.3 Å². The molecule has 0 radical (unpaired) electrons. The van der Waals surface area contributed by atoms with Gasteiger partial charge in [-0.3, -0.25) is 4.79 Å². The molecule has 4 aromatic rings. The van der Waals surface area contributed by atoms with Crippen LogP contribution < -0.4 is 9.47 Å². The fraction of sp³-hybridized carbons (Fsp3) is 0.261. The number of aromatic nitrogens is 3. The molecule has 1 N–H and O–H groups in total. The summed E-state index contributed by atoms with van der Waals surface area (Å²) in [5.41, 5.74) is 3.30. The predicted molar refractivity (Wildman–Crippen MR) is 118 cm³/mol. The lowest BCUT2D eigenvalue weighted by molar-refractivity contribution is 0.0725. The molecule has 1 unspecified atom stereocenters. The van der Waals surface area contributed by atoms with Gasteiger partial charge in [0.05, 0.1) is 17.1 Å². The Labute approximate surface area is 182 Å². The number of fused-ring (bicyclic) bond motifs is 2. The molecule has 2 aliphatic rings. The molecule has 1 fully saturated rings. The minimum Gasteiger partial charge on any atom is -0.486 e. The second-order valence-corrected chi connectivity index (χ2v) is 8.55. The highest BCUT2D eigenvalue weighted by atomic mass is 32.1. The van der Waals surface area contributed by atoms with Gasteiger partial charge in [0.25, 0.3) is 5.91 Å². The number of para-hydroxylation sites is 2. The summed E-state index contributed by atoms with van der Waals surface area (Å²) in [4.78, 5) is 27.9. The van der Waals surface area contributed by atoms with E-state index in [0.717, 1.165) is 51.8 Å². The number of imidazole rings is 1. The van der Waals surface area contributed by atoms with Crippen LogP contribution in [0.5, 0.6) is 11.5 Å². The van der Waals surface area contributed by atoms with E-state index in [1.54, 1.807) is 0 Å². The van der Waals surface area contributed by atoms with Gasteiger partial charge in [-0.05, 0) is 43.2 Å². The van der Waals surface area contributed by atoms with Crippen molar-refractivity contribution in [3.05, 3.63) is 59.4 Å². The first kappa shape index (κ1) is 18.4. The number of nitrogens with zero attached hydrogens (tertiary/aromatic N) is 3. The molecule has 1 amide bonds. The Balaban J connectivity index is 1.26. The molecule has 2 aromatic carbocycles. The predicted octanol–water partition coefficient (Wildman–Crippen LogP) is 4.43. The third-order valence-corrected chi connectivity index (χ3v) is 6.64. The molecule has 0 aliphatic carbocycles. The quantitative estimate of drug-likeness (QED) is 0.518. The van der Waals surface area contributed by atoms with Gasteiger partial charge in [0.2, 0.25) is 0 Å². The maximum atomic E-state index is 13.3. The number of hydrogen-bond donors (Lipinski definition) is 1. The van der Waals surface area contributed by atoms with Crippen LogP contribution in [0.1, 0.15) is 35.2 Å². The first-order valence-electron chi connectivity index (χ1n) is 10.4. The van der Waals surface area contributed by atoms with Crippen LogP contribution in [0.15, 0.2) is 47.8 Å². The number of carbonyl (C=O) groups excluding carboxylic acids is 1. The summed E-state index contributed by atoms with van der Waals surface area (Å²) < 4.78 is 11.3. The molecule has 8 heteroatoms. The zero-order valence-corrected chi connectivity index (χ0v) is 17.5. The highest BCUT2D eigenvalue weighted by Crippen LogP contribution is 2.37. The molecular formula is C23H20N4O3S. The van der Waals surface area contributed by atoms with Crippen LogP contribution in [0, 0.1) is 0 Å². The average molecular weight is 433 g/mol. The molecule has 4 heterocycles. The number of likely N-dealkylation sites (tertiary alicyclic amines) is 1. The van der Waals surface area contributed by atoms with Crippen LogP contribution in [-0.2, 0) is 0 Å². The lowest BCUT2D eigenvalue weighted by atomic mass is 10.2. The number of hydrogen-bond acceptors (Lipinski definition) is 6. The van der Waals surface area contributed by atoms with Crippen molar-refractivity contribution in [2.45, 2.75) is 18.9 Å². The van der Waals surface area contributed by atoms with E-state index >= 15 is 0 Å². The van der Waals surface area contributed by atoms with Gasteiger partial charge in [-0.25, -0.2) is 9.97 Å². The Hall–Kier alpha value is -3.39. The number of amides is 1. The molecule has 156 valence electrons. The minimum atomic E-state index is -0.0562. The zero-order valence-electron chi connectivity index (χ0n) is 16.7. The van der Waals surface area contributed by atoms with E-state index in [-0.39, 0.29) is 11.9 Å². The van der Waals surface area contributed by atoms with Crippen LogP contribution in [0.3, 0.4) is 0 Å². The molecule has 2 aliphatic heterocycles. The summed E-state index contributed by atoms with van der Waals surface area (Å²) in [6, 6.07) is 13.7. The van der Waals surface area contributed by atoms with Gasteiger partial charge in [0.15, 0.2) is 11.5 Å². The van der Waals surface area contributed by atoms with Crippen molar-refractivity contribution < 1.29 is 14.3 Å². The van der Waals surface area contributed by atoms with Crippen LogP contribution in [0.2, 0.25) is 0 Å². The van der Waals surface area contributed by atoms with Crippen LogP contribution >= 0.6 is 11.3 Å². The Bertz CT molecular complexity index is 1250. The third kappa shape index (κ3) is 3.23. The first-order chi connectivity index (χ1) is 15.3. The van der Waals surface area contributed by atoms with Crippen molar-refractivity contribution >= 4 is 28.3 Å². The molecule has 0 bridgehead atoms. The number of ether oxygens (including phenoxy) is 2. The number of rotatable bonds is 3. The standard InChI is InChI=1S/C23H20N4O3S/c28-23(27-9-3-6-18(27)21-24-15-4-1-2-5-16(15)25-21)17-13-31-22(26-17)14-7-8-19-20(12-14)30-11-10-29-19/h1-2,4-5,7-8,12-13,18H,3,6,9-11H2,(H,24,25). The van der Waals surface area contributed by atoms with Gasteiger partial charge in [0, 0.05) is 17.5 Å². The van der Waals surface area contributed by atoms with Crippen molar-refractivity contribution in [3.8, 4) is 22.1 Å². The monoisotopic (exact) mass is 432 g/mol. The lowest BCUT2D eigenvalue weighted by Gasteiger charge is -2.22. The molecule has 1 saturated heterocycles. The summed E-state index contributed by atoms with van der Waals surface area (Å²) in [5.74, 6) is 2.25. The smallest absolute Gasteiger partial charge is 0.273 e. The highest BCUT2D eigenvalue weighted by Gasteiger charge is 2.33. The first-order valence-corrected chi connectivity index (χ1v) is 11.3. The van der Waals surface area contributed by atoms with E-state index in [2.05, 4.69) is 9.97 Å². The number of nitrogens with one attached hydrogen (secondary N) is 1. The highest BCUT2D eigenvalue weighted by molar-refractivity contribution is 7.13. The normalized spacial score (nSPS) is 17.9. The summed E-state index contributed by atoms with van der Waals surface area (Å²) in [7, 11) is 0. The number of carbonyl (C=O) groups is 1. The van der Waals surface area contributed by atoms with Gasteiger partial charge in [-0.1, -0.05) is 12.1 Å². The van der Waals surface area contributed by atoms with E-state index in [0.29, 0.717) is 25.5 Å². The molecule has 1 atom stereocenters. The number of H-pyrrole nitrogens is 1. The second kappa shape index (κ2) is 7.39. The van der Waals surface area contributed by atoms with Crippen LogP contribution in [-0.4, -0.2) is 45.5 Å². The maximum absolute atomic E-state index is 13.3. The lowest BCUT2D eigenvalue weighted by Crippen LogP contribution is -2.31. The fourth-order valence-corrected chi connectivity index (χ4v) is 5.04. The molecule has 31 heavy (non-hydrogen) atoms. The summed E-state index contributed by atoms with van der Waals surface area (Å²) in [6.45, 7) is 1.80. The van der Waals surface area contributed by atoms with Crippen LogP contribution in [0.4, 0.5) is 0 Å². The Kier molecular flexibility index (Phi) is 4.38. The van der Waals surface area contributed by atoms with Crippen molar-refractivity contribution in [1.82, 2.24) is 19.9 Å². The molecule has 0 spiro atoms. The van der Waals surface area contributed by atoms with Gasteiger partial charge >= 0.3 is 0 Å². The molecule has 7 nitrogen and oxygen atoms in total. The molecule has 6 rings (SSSR count). The average Bonchev–Trinajstić information content (AvgIpc) is 3.57. The SMILES string of the molecule is O=C(c1csc(-c2ccc3c(c2)OCCO3)n1)N1CCCC1c1nc2ccccc2[nH]1. The molecular weight excluding hydrogens is 412 g/mol. The van der Waals surface area contributed by atoms with E-state index in [9.17, 15) is 4.79 Å². The van der Waals surface area contributed by atoms with Crippen LogP contribution in [0.25, 0.3) is 21.6 Å². The van der Waals surface area contributed by atoms with Gasteiger partial charge in [-0.15, -0.1) is 11.3 Å². The van der Waals surface area contributed by atoms with Gasteiger partial charge < -0.3 is 19.4 Å². The maximum Gasteiger partial charge on any atom is 0.273 e. The Morgan fingerprint density at radius 2 is 1.97 bits per heavy atom. The minimum absolute atomic E-state index is 0.0528. The van der Waals surface area contributed by atoms with Crippen molar-refractivity contribution in [3.63, 3.8) is 0 Å².